The van der Waals surface area contributed by atoms with Gasteiger partial charge in [0.05, 0.1) is 12.8 Å². The Labute approximate surface area is 156 Å². The van der Waals surface area contributed by atoms with E-state index < -0.39 is 33.0 Å². The van der Waals surface area contributed by atoms with Crippen LogP contribution >= 0.6 is 0 Å². The molecule has 27 heavy (non-hydrogen) atoms. The zero-order valence-corrected chi connectivity index (χ0v) is 15.5. The van der Waals surface area contributed by atoms with Crippen LogP contribution in [0.15, 0.2) is 41.6 Å². The van der Waals surface area contributed by atoms with E-state index in [2.05, 4.69) is 14.9 Å². The van der Waals surface area contributed by atoms with Gasteiger partial charge in [-0.25, -0.2) is 17.9 Å². The van der Waals surface area contributed by atoms with Gasteiger partial charge >= 0.3 is 11.9 Å². The largest absolute Gasteiger partial charge is 0.481 e. The molecule has 0 spiro atoms. The lowest BCUT2D eigenvalue weighted by atomic mass is 10.0. The summed E-state index contributed by atoms with van der Waals surface area (Å²) in [6.07, 6.45) is 1.27. The van der Waals surface area contributed by atoms with Crippen molar-refractivity contribution >= 4 is 22.0 Å². The highest BCUT2D eigenvalue weighted by molar-refractivity contribution is 7.89. The van der Waals surface area contributed by atoms with Crippen LogP contribution in [0.1, 0.15) is 35.7 Å². The third kappa shape index (κ3) is 5.90. The van der Waals surface area contributed by atoms with Crippen LogP contribution < -0.4 is 4.72 Å². The molecule has 0 amide bonds. The topological polar surface area (TPSA) is 138 Å². The predicted octanol–water partition coefficient (Wildman–Crippen LogP) is 1.34. The van der Waals surface area contributed by atoms with Crippen molar-refractivity contribution in [3.8, 4) is 0 Å². The minimum absolute atomic E-state index is 0.0895. The van der Waals surface area contributed by atoms with E-state index >= 15 is 0 Å². The lowest BCUT2D eigenvalue weighted by Crippen LogP contribution is -2.37. The molecule has 3 N–H and O–H groups in total. The van der Waals surface area contributed by atoms with Crippen molar-refractivity contribution in [3.63, 3.8) is 0 Å². The van der Waals surface area contributed by atoms with Crippen molar-refractivity contribution < 1.29 is 27.9 Å². The molecule has 0 radical (unpaired) electrons. The fraction of sp³-hybridized carbons (Fsp3) is 0.353. The van der Waals surface area contributed by atoms with Crippen molar-refractivity contribution in [3.05, 3.63) is 47.7 Å². The lowest BCUT2D eigenvalue weighted by Gasteiger charge is -2.18. The lowest BCUT2D eigenvalue weighted by molar-refractivity contribution is -0.137. The number of benzene rings is 1. The monoisotopic (exact) mass is 395 g/mol. The fourth-order valence-corrected chi connectivity index (χ4v) is 3.87. The number of carbonyl (C=O) groups is 2. The number of ether oxygens (including phenoxy) is 1. The molecule has 0 aliphatic rings. The fourth-order valence-electron chi connectivity index (χ4n) is 2.51. The summed E-state index contributed by atoms with van der Waals surface area (Å²) < 4.78 is 32.8. The van der Waals surface area contributed by atoms with Gasteiger partial charge in [0.1, 0.15) is 5.56 Å². The minimum Gasteiger partial charge on any atom is -0.481 e. The Kier molecular flexibility index (Phi) is 7.08. The van der Waals surface area contributed by atoms with Crippen LogP contribution in [0.25, 0.3) is 0 Å². The number of aromatic nitrogens is 2. The van der Waals surface area contributed by atoms with Crippen LogP contribution in [0.3, 0.4) is 0 Å². The summed E-state index contributed by atoms with van der Waals surface area (Å²) in [7, 11) is -4.14. The summed E-state index contributed by atoms with van der Waals surface area (Å²) in [6.45, 7) is 1.69. The molecule has 1 heterocycles. The van der Waals surface area contributed by atoms with Crippen molar-refractivity contribution in [1.29, 1.82) is 0 Å². The number of H-pyrrole nitrogens is 1. The summed E-state index contributed by atoms with van der Waals surface area (Å²) in [4.78, 5) is 22.8. The van der Waals surface area contributed by atoms with Gasteiger partial charge in [-0.1, -0.05) is 30.3 Å². The molecule has 0 aliphatic carbocycles. The predicted molar refractivity (Wildman–Crippen MR) is 95.7 cm³/mol. The van der Waals surface area contributed by atoms with Crippen LogP contribution in [0.2, 0.25) is 0 Å². The number of hydrogen-bond donors (Lipinski definition) is 3. The van der Waals surface area contributed by atoms with E-state index in [9.17, 15) is 18.0 Å². The maximum absolute atomic E-state index is 12.7. The minimum atomic E-state index is -4.14. The molecule has 9 nitrogen and oxygen atoms in total. The zero-order chi connectivity index (χ0) is 19.9. The van der Waals surface area contributed by atoms with Crippen LogP contribution in [0, 0.1) is 0 Å². The van der Waals surface area contributed by atoms with Gasteiger partial charge in [-0.2, -0.15) is 5.10 Å². The van der Waals surface area contributed by atoms with Gasteiger partial charge in [0.25, 0.3) is 10.0 Å². The third-order valence-corrected chi connectivity index (χ3v) is 5.21. The van der Waals surface area contributed by atoms with Gasteiger partial charge in [0.2, 0.25) is 0 Å². The first-order chi connectivity index (χ1) is 12.8. The normalized spacial score (nSPS) is 12.5. The van der Waals surface area contributed by atoms with Crippen LogP contribution in [-0.2, 0) is 26.0 Å². The number of hydrogen-bond acceptors (Lipinski definition) is 6. The Morgan fingerprint density at radius 3 is 2.63 bits per heavy atom. The average Bonchev–Trinajstić information content (AvgIpc) is 3.11. The number of rotatable bonds is 10. The van der Waals surface area contributed by atoms with Crippen LogP contribution in [0.5, 0.6) is 0 Å². The van der Waals surface area contributed by atoms with Crippen molar-refractivity contribution in [2.24, 2.45) is 0 Å². The van der Waals surface area contributed by atoms with E-state index in [1.54, 1.807) is 6.92 Å². The highest BCUT2D eigenvalue weighted by atomic mass is 32.2. The van der Waals surface area contributed by atoms with Crippen molar-refractivity contribution in [2.75, 3.05) is 6.61 Å². The number of nitrogens with zero attached hydrogens (tertiary/aromatic N) is 1. The standard InChI is InChI=1S/C17H21N3O6S/c1-2-26-17(23)14-11-18-19-16(14)27(24,25)20-13(8-9-15(21)22)10-12-6-4-3-5-7-12/h3-7,11,13,20H,2,8-10H2,1H3,(H,18,19)(H,21,22). The summed E-state index contributed by atoms with van der Waals surface area (Å²) in [5.41, 5.74) is 0.645. The smallest absolute Gasteiger partial charge is 0.342 e. The second kappa shape index (κ2) is 9.28. The zero-order valence-electron chi connectivity index (χ0n) is 14.7. The van der Waals surface area contributed by atoms with Gasteiger partial charge in [0.15, 0.2) is 5.03 Å². The summed E-state index contributed by atoms with van der Waals surface area (Å²) >= 11 is 0. The number of sulfonamides is 1. The molecule has 0 bridgehead atoms. The molecule has 1 aromatic heterocycles. The maximum Gasteiger partial charge on any atom is 0.342 e. The third-order valence-electron chi connectivity index (χ3n) is 3.72. The number of carbonyl (C=O) groups excluding carboxylic acids is 1. The van der Waals surface area contributed by atoms with E-state index in [1.165, 1.54) is 0 Å². The Morgan fingerprint density at radius 1 is 1.30 bits per heavy atom. The van der Waals surface area contributed by atoms with Gasteiger partial charge < -0.3 is 9.84 Å². The number of aromatic amines is 1. The first-order valence-electron chi connectivity index (χ1n) is 8.32. The number of nitrogens with one attached hydrogen (secondary N) is 2. The van der Waals surface area contributed by atoms with E-state index in [0.717, 1.165) is 11.8 Å². The molecule has 0 saturated heterocycles. The van der Waals surface area contributed by atoms with E-state index in [4.69, 9.17) is 9.84 Å². The van der Waals surface area contributed by atoms with Gasteiger partial charge in [-0.15, -0.1) is 0 Å². The second-order valence-electron chi connectivity index (χ2n) is 5.77. The highest BCUT2D eigenvalue weighted by Gasteiger charge is 2.28. The first-order valence-corrected chi connectivity index (χ1v) is 9.80. The van der Waals surface area contributed by atoms with Crippen LogP contribution in [0.4, 0.5) is 0 Å². The Bertz CT molecular complexity index is 879. The average molecular weight is 395 g/mol. The van der Waals surface area contributed by atoms with Crippen LogP contribution in [-0.4, -0.2) is 48.3 Å². The summed E-state index contributed by atoms with van der Waals surface area (Å²) in [5.74, 6) is -1.84. The number of carboxylic acid groups (broad SMARTS) is 1. The van der Waals surface area contributed by atoms with E-state index in [1.807, 2.05) is 30.3 Å². The van der Waals surface area contributed by atoms with Gasteiger partial charge in [0, 0.05) is 12.5 Å². The number of aliphatic carboxylic acids is 1. The first kappa shape index (κ1) is 20.6. The number of esters is 1. The second-order valence-corrected chi connectivity index (χ2v) is 7.42. The molecule has 1 atom stereocenters. The molecule has 2 aromatic rings. The molecule has 1 aromatic carbocycles. The Hall–Kier alpha value is -2.72. The summed E-state index contributed by atoms with van der Waals surface area (Å²) in [5, 5.41) is 14.4. The Balaban J connectivity index is 2.23. The quantitative estimate of drug-likeness (QED) is 0.516. The maximum atomic E-state index is 12.7. The summed E-state index contributed by atoms with van der Waals surface area (Å²) in [6, 6.07) is 8.42. The molecule has 10 heteroatoms. The SMILES string of the molecule is CCOC(=O)c1cn[nH]c1S(=O)(=O)NC(CCC(=O)O)Cc1ccccc1. The molecular weight excluding hydrogens is 374 g/mol. The highest BCUT2D eigenvalue weighted by Crippen LogP contribution is 2.16. The molecular formula is C17H21N3O6S. The van der Waals surface area contributed by atoms with E-state index in [0.29, 0.717) is 6.42 Å². The van der Waals surface area contributed by atoms with Gasteiger partial charge in [-0.05, 0) is 25.3 Å². The van der Waals surface area contributed by atoms with Gasteiger partial charge in [-0.3, -0.25) is 9.89 Å². The van der Waals surface area contributed by atoms with Crippen molar-refractivity contribution in [2.45, 2.75) is 37.3 Å². The number of carboxylic acids is 1. The molecule has 1 unspecified atom stereocenters. The molecule has 146 valence electrons. The molecule has 0 fully saturated rings. The molecule has 0 saturated carbocycles. The molecule has 2 rings (SSSR count). The Morgan fingerprint density at radius 2 is 2.00 bits per heavy atom. The van der Waals surface area contributed by atoms with Crippen molar-refractivity contribution in [1.82, 2.24) is 14.9 Å². The molecule has 0 aliphatic heterocycles. The van der Waals surface area contributed by atoms with E-state index in [-0.39, 0.29) is 25.0 Å².